The quantitative estimate of drug-likeness (QED) is 0.223. The third-order valence-corrected chi connectivity index (χ3v) is 12.2. The smallest absolute Gasteiger partial charge is 0.208 e. The van der Waals surface area contributed by atoms with Gasteiger partial charge in [0.05, 0.1) is 50.0 Å². The highest BCUT2D eigenvalue weighted by atomic mass is 79.9. The molecule has 312 valence electrons. The Morgan fingerprint density at radius 1 is 0.684 bits per heavy atom. The number of halogens is 1. The number of rotatable bonds is 9. The van der Waals surface area contributed by atoms with Gasteiger partial charge in [0.1, 0.15) is 24.3 Å². The lowest BCUT2D eigenvalue weighted by Gasteiger charge is -2.34. The maximum atomic E-state index is 11.4. The number of sulfonamides is 2. The van der Waals surface area contributed by atoms with Crippen molar-refractivity contribution in [2.24, 2.45) is 11.8 Å². The summed E-state index contributed by atoms with van der Waals surface area (Å²) in [4.78, 5) is 24.6. The predicted molar refractivity (Wildman–Crippen MR) is 229 cm³/mol. The molecule has 2 aromatic carbocycles. The summed E-state index contributed by atoms with van der Waals surface area (Å²) >= 11 is 3.50. The molecule has 0 saturated carbocycles. The topological polar surface area (TPSA) is 184 Å². The summed E-state index contributed by atoms with van der Waals surface area (Å²) in [6.45, 7) is 11.5. The van der Waals surface area contributed by atoms with Crippen LogP contribution in [0.4, 0.5) is 17.3 Å². The molecule has 2 unspecified atom stereocenters. The van der Waals surface area contributed by atoms with Crippen LogP contribution in [-0.4, -0.2) is 141 Å². The lowest BCUT2D eigenvalue weighted by atomic mass is 9.98. The standard InChI is InChI=1S/C19H27N5O3S.C15H19BrN4O2S.C4H9NO/c1-28(25,26)22-12-15-3-2-6-24(13-15)19-17-11-16(23-7-9-27-10-8-23)4-5-18(17)20-14-21-19;1-23(21,22)19-8-11-3-2-6-20(9-11)15-13-7-12(16)4-5-14(13)17-10-18-15;1-3-6-4-2-5-1/h4-5,11,14-15,22H,2-3,6-10,12-13H2,1H3;4-5,7,10-11,19H,2-3,6,8-9H2,1H3;5H,1-4H2. The Bertz CT molecular complexity index is 2130. The Balaban J connectivity index is 0.000000170. The van der Waals surface area contributed by atoms with Crippen LogP contribution >= 0.6 is 15.9 Å². The highest BCUT2D eigenvalue weighted by Gasteiger charge is 2.25. The summed E-state index contributed by atoms with van der Waals surface area (Å²) in [6.07, 6.45) is 9.68. The zero-order valence-corrected chi connectivity index (χ0v) is 36.0. The van der Waals surface area contributed by atoms with Gasteiger partial charge in [-0.05, 0) is 73.9 Å². The van der Waals surface area contributed by atoms with Crippen LogP contribution in [0.2, 0.25) is 0 Å². The number of benzene rings is 2. The second kappa shape index (κ2) is 20.6. The number of nitrogens with zero attached hydrogens (tertiary/aromatic N) is 7. The second-order valence-electron chi connectivity index (χ2n) is 14.9. The Kier molecular flexibility index (Phi) is 15.6. The maximum Gasteiger partial charge on any atom is 0.208 e. The van der Waals surface area contributed by atoms with Gasteiger partial charge in [0, 0.05) is 86.4 Å². The number of aromatic nitrogens is 4. The predicted octanol–water partition coefficient (Wildman–Crippen LogP) is 3.00. The van der Waals surface area contributed by atoms with Gasteiger partial charge in [0.2, 0.25) is 20.0 Å². The molecule has 0 radical (unpaired) electrons. The molecule has 57 heavy (non-hydrogen) atoms. The molecule has 16 nitrogen and oxygen atoms in total. The first-order valence-electron chi connectivity index (χ1n) is 19.6. The molecule has 0 bridgehead atoms. The summed E-state index contributed by atoms with van der Waals surface area (Å²) in [6, 6.07) is 12.3. The van der Waals surface area contributed by atoms with Gasteiger partial charge in [0.15, 0.2) is 0 Å². The van der Waals surface area contributed by atoms with Gasteiger partial charge in [-0.1, -0.05) is 15.9 Å². The van der Waals surface area contributed by atoms with Crippen molar-refractivity contribution in [1.82, 2.24) is 34.7 Å². The van der Waals surface area contributed by atoms with Crippen LogP contribution < -0.4 is 29.5 Å². The largest absolute Gasteiger partial charge is 0.379 e. The number of piperidine rings is 2. The summed E-state index contributed by atoms with van der Waals surface area (Å²) in [5, 5.41) is 5.22. The van der Waals surface area contributed by atoms with Crippen molar-refractivity contribution in [1.29, 1.82) is 0 Å². The molecule has 0 spiro atoms. The van der Waals surface area contributed by atoms with Crippen molar-refractivity contribution in [2.45, 2.75) is 25.7 Å². The van der Waals surface area contributed by atoms with Gasteiger partial charge >= 0.3 is 0 Å². The van der Waals surface area contributed by atoms with Crippen molar-refractivity contribution in [2.75, 3.05) is 119 Å². The van der Waals surface area contributed by atoms with Gasteiger partial charge in [0.25, 0.3) is 0 Å². The molecule has 6 heterocycles. The average molecular weight is 892 g/mol. The van der Waals surface area contributed by atoms with E-state index in [0.717, 1.165) is 142 Å². The van der Waals surface area contributed by atoms with Crippen LogP contribution in [0.15, 0.2) is 53.5 Å². The van der Waals surface area contributed by atoms with Crippen molar-refractivity contribution in [3.05, 3.63) is 53.5 Å². The summed E-state index contributed by atoms with van der Waals surface area (Å²) in [7, 11) is -6.31. The molecule has 4 fully saturated rings. The Labute approximate surface area is 344 Å². The third kappa shape index (κ3) is 13.4. The van der Waals surface area contributed by atoms with Crippen LogP contribution in [0.1, 0.15) is 25.7 Å². The van der Waals surface area contributed by atoms with Gasteiger partial charge in [-0.3, -0.25) is 0 Å². The zero-order chi connectivity index (χ0) is 40.3. The van der Waals surface area contributed by atoms with E-state index in [4.69, 9.17) is 9.47 Å². The summed E-state index contributed by atoms with van der Waals surface area (Å²) in [5.41, 5.74) is 3.01. The molecule has 0 amide bonds. The van der Waals surface area contributed by atoms with Crippen LogP contribution in [0.3, 0.4) is 0 Å². The number of hydrogen-bond acceptors (Lipinski definition) is 14. The molecule has 0 aliphatic carbocycles. The van der Waals surface area contributed by atoms with Gasteiger partial charge in [-0.25, -0.2) is 46.2 Å². The number of ether oxygens (including phenoxy) is 2. The highest BCUT2D eigenvalue weighted by Crippen LogP contribution is 2.31. The molecule has 2 atom stereocenters. The fourth-order valence-corrected chi connectivity index (χ4v) is 8.91. The van der Waals surface area contributed by atoms with E-state index >= 15 is 0 Å². The molecule has 2 aromatic heterocycles. The van der Waals surface area contributed by atoms with Gasteiger partial charge in [-0.2, -0.15) is 0 Å². The lowest BCUT2D eigenvalue weighted by molar-refractivity contribution is 0.109. The van der Waals surface area contributed by atoms with E-state index in [1.165, 1.54) is 18.2 Å². The lowest BCUT2D eigenvalue weighted by Crippen LogP contribution is -2.41. The molecule has 4 aromatic rings. The number of fused-ring (bicyclic) bond motifs is 2. The monoisotopic (exact) mass is 890 g/mol. The third-order valence-electron chi connectivity index (χ3n) is 10.3. The minimum Gasteiger partial charge on any atom is -0.379 e. The molecular formula is C38H55BrN10O6S2. The Hall–Kier alpha value is -3.30. The molecule has 8 rings (SSSR count). The van der Waals surface area contributed by atoms with E-state index in [0.29, 0.717) is 13.1 Å². The zero-order valence-electron chi connectivity index (χ0n) is 32.8. The first-order chi connectivity index (χ1) is 27.4. The van der Waals surface area contributed by atoms with E-state index in [9.17, 15) is 16.8 Å². The van der Waals surface area contributed by atoms with Crippen molar-refractivity contribution >= 4 is 75.1 Å². The molecule has 3 N–H and O–H groups in total. The van der Waals surface area contributed by atoms with Gasteiger partial charge in [-0.15, -0.1) is 0 Å². The maximum absolute atomic E-state index is 11.4. The van der Waals surface area contributed by atoms with Crippen LogP contribution in [0, 0.1) is 11.8 Å². The normalized spacial score (nSPS) is 20.7. The van der Waals surface area contributed by atoms with Crippen molar-refractivity contribution < 1.29 is 26.3 Å². The number of anilines is 3. The number of hydrogen-bond donors (Lipinski definition) is 3. The minimum absolute atomic E-state index is 0.274. The van der Waals surface area contributed by atoms with Crippen LogP contribution in [0.5, 0.6) is 0 Å². The van der Waals surface area contributed by atoms with Crippen LogP contribution in [0.25, 0.3) is 21.8 Å². The molecule has 4 saturated heterocycles. The van der Waals surface area contributed by atoms with Crippen molar-refractivity contribution in [3.63, 3.8) is 0 Å². The average Bonchev–Trinajstić information content (AvgIpc) is 3.23. The molecule has 4 aliphatic rings. The summed E-state index contributed by atoms with van der Waals surface area (Å²) < 4.78 is 62.2. The number of morpholine rings is 2. The molecule has 19 heteroatoms. The second-order valence-corrected chi connectivity index (χ2v) is 19.5. The van der Waals surface area contributed by atoms with Crippen LogP contribution in [-0.2, 0) is 29.5 Å². The van der Waals surface area contributed by atoms with E-state index in [2.05, 4.69) is 83.5 Å². The Morgan fingerprint density at radius 3 is 1.68 bits per heavy atom. The van der Waals surface area contributed by atoms with E-state index in [1.807, 2.05) is 18.2 Å². The first kappa shape index (κ1) is 43.3. The molecular weight excluding hydrogens is 837 g/mol. The van der Waals surface area contributed by atoms with E-state index in [-0.39, 0.29) is 11.8 Å². The number of nitrogens with one attached hydrogen (secondary N) is 3. The van der Waals surface area contributed by atoms with Crippen molar-refractivity contribution in [3.8, 4) is 0 Å². The SMILES string of the molecule is C1COCCN1.CS(=O)(=O)NCC1CCCN(c2ncnc3ccc(Br)cc23)C1.CS(=O)(=O)NCC1CCCN(c2ncnc3ccc(N4CCOCC4)cc23)C1. The van der Waals surface area contributed by atoms with E-state index < -0.39 is 20.0 Å². The van der Waals surface area contributed by atoms with Gasteiger partial charge < -0.3 is 29.5 Å². The van der Waals surface area contributed by atoms with E-state index in [1.54, 1.807) is 12.7 Å². The minimum atomic E-state index is -3.17. The Morgan fingerprint density at radius 2 is 1.19 bits per heavy atom. The first-order valence-corrected chi connectivity index (χ1v) is 24.1. The molecule has 4 aliphatic heterocycles. The summed E-state index contributed by atoms with van der Waals surface area (Å²) in [5.74, 6) is 2.41. The highest BCUT2D eigenvalue weighted by molar-refractivity contribution is 9.10. The fraction of sp³-hybridized carbons (Fsp3) is 0.579. The fourth-order valence-electron chi connectivity index (χ4n) is 7.47.